The summed E-state index contributed by atoms with van der Waals surface area (Å²) < 4.78 is 1.84. The molecule has 0 saturated carbocycles. The lowest BCUT2D eigenvalue weighted by Gasteiger charge is -2.10. The summed E-state index contributed by atoms with van der Waals surface area (Å²) in [4.78, 5) is 17.5. The molecule has 4 rings (SSSR count). The van der Waals surface area contributed by atoms with Crippen molar-refractivity contribution in [2.75, 3.05) is 5.32 Å². The molecule has 0 saturated heterocycles. The van der Waals surface area contributed by atoms with Crippen molar-refractivity contribution >= 4 is 22.9 Å². The average Bonchev–Trinajstić information content (AvgIpc) is 3.33. The normalized spacial score (nSPS) is 10.9. The molecule has 0 atom stereocenters. The Hall–Kier alpha value is -3.25. The number of aryl methyl sites for hydroxylation is 2. The summed E-state index contributed by atoms with van der Waals surface area (Å²) >= 11 is 1.55. The Labute approximate surface area is 180 Å². The second-order valence-electron chi connectivity index (χ2n) is 7.41. The minimum Gasteiger partial charge on any atom is -0.326 e. The molecule has 2 heterocycles. The lowest BCUT2D eigenvalue weighted by atomic mass is 10.1. The van der Waals surface area contributed by atoms with E-state index in [0.29, 0.717) is 0 Å². The molecule has 0 radical (unpaired) electrons. The van der Waals surface area contributed by atoms with Crippen LogP contribution in [0.4, 0.5) is 5.69 Å². The maximum atomic E-state index is 12.7. The molecule has 1 amide bonds. The lowest BCUT2D eigenvalue weighted by Crippen LogP contribution is -2.16. The first-order valence-electron chi connectivity index (χ1n) is 9.86. The van der Waals surface area contributed by atoms with E-state index < -0.39 is 0 Å². The summed E-state index contributed by atoms with van der Waals surface area (Å²) in [5, 5.41) is 10.5. The van der Waals surface area contributed by atoms with Crippen LogP contribution in [0.5, 0.6) is 0 Å². The lowest BCUT2D eigenvalue weighted by molar-refractivity contribution is -0.115. The van der Waals surface area contributed by atoms with Gasteiger partial charge in [-0.3, -0.25) is 4.79 Å². The Morgan fingerprint density at radius 3 is 2.57 bits per heavy atom. The van der Waals surface area contributed by atoms with Crippen molar-refractivity contribution < 1.29 is 4.79 Å². The van der Waals surface area contributed by atoms with Crippen molar-refractivity contribution in [2.45, 2.75) is 34.1 Å². The van der Waals surface area contributed by atoms with Gasteiger partial charge in [0.25, 0.3) is 0 Å². The molecule has 0 spiro atoms. The molecule has 0 aliphatic carbocycles. The first-order chi connectivity index (χ1) is 14.4. The first-order valence-corrected chi connectivity index (χ1v) is 10.7. The maximum Gasteiger partial charge on any atom is 0.228 e. The predicted octanol–water partition coefficient (Wildman–Crippen LogP) is 5.41. The van der Waals surface area contributed by atoms with Crippen LogP contribution in [-0.2, 0) is 11.2 Å². The van der Waals surface area contributed by atoms with Crippen molar-refractivity contribution in [2.24, 2.45) is 0 Å². The molecule has 0 aliphatic heterocycles. The van der Waals surface area contributed by atoms with Crippen LogP contribution in [0.2, 0.25) is 0 Å². The predicted molar refractivity (Wildman–Crippen MR) is 122 cm³/mol. The number of benzene rings is 2. The molecule has 0 unspecified atom stereocenters. The number of aromatic nitrogens is 3. The topological polar surface area (TPSA) is 59.8 Å². The monoisotopic (exact) mass is 416 g/mol. The summed E-state index contributed by atoms with van der Waals surface area (Å²) in [7, 11) is 0. The van der Waals surface area contributed by atoms with E-state index in [4.69, 9.17) is 4.98 Å². The minimum atomic E-state index is -0.0430. The average molecular weight is 417 g/mol. The quantitative estimate of drug-likeness (QED) is 0.473. The third-order valence-electron chi connectivity index (χ3n) is 5.40. The van der Waals surface area contributed by atoms with Gasteiger partial charge in [0.1, 0.15) is 0 Å². The van der Waals surface area contributed by atoms with Crippen molar-refractivity contribution in [3.05, 3.63) is 82.0 Å². The molecule has 6 heteroatoms. The number of carbonyl (C=O) groups is 1. The van der Waals surface area contributed by atoms with Crippen LogP contribution in [0, 0.1) is 27.7 Å². The molecule has 152 valence electrons. The zero-order valence-corrected chi connectivity index (χ0v) is 18.4. The summed E-state index contributed by atoms with van der Waals surface area (Å²) in [5.41, 5.74) is 7.84. The maximum absolute atomic E-state index is 12.7. The van der Waals surface area contributed by atoms with Crippen LogP contribution in [0.1, 0.15) is 28.1 Å². The summed E-state index contributed by atoms with van der Waals surface area (Å²) in [6.45, 7) is 7.99. The molecule has 30 heavy (non-hydrogen) atoms. The van der Waals surface area contributed by atoms with E-state index >= 15 is 0 Å². The number of hydrogen-bond donors (Lipinski definition) is 1. The van der Waals surface area contributed by atoms with Gasteiger partial charge in [-0.05, 0) is 44.9 Å². The fourth-order valence-electron chi connectivity index (χ4n) is 3.46. The number of carbonyl (C=O) groups excluding carboxylic acids is 1. The number of nitrogens with zero attached hydrogens (tertiary/aromatic N) is 3. The number of hydrogen-bond acceptors (Lipinski definition) is 4. The van der Waals surface area contributed by atoms with Gasteiger partial charge in [-0.1, -0.05) is 42.5 Å². The Morgan fingerprint density at radius 2 is 1.80 bits per heavy atom. The molecule has 2 aromatic carbocycles. The van der Waals surface area contributed by atoms with Crippen LogP contribution in [-0.4, -0.2) is 20.7 Å². The van der Waals surface area contributed by atoms with E-state index in [1.54, 1.807) is 11.3 Å². The highest BCUT2D eigenvalue weighted by atomic mass is 32.1. The highest BCUT2D eigenvalue weighted by Crippen LogP contribution is 2.26. The molecular formula is C24H24N4OS. The van der Waals surface area contributed by atoms with Gasteiger partial charge in [-0.15, -0.1) is 11.3 Å². The molecule has 0 aliphatic rings. The SMILES string of the molecule is Cc1cccc(NC(=O)Cc2c(C)nn(-c3nc(-c4ccccc4)cs3)c2C)c1C. The van der Waals surface area contributed by atoms with E-state index in [9.17, 15) is 4.79 Å². The zero-order chi connectivity index (χ0) is 21.3. The highest BCUT2D eigenvalue weighted by molar-refractivity contribution is 7.12. The third kappa shape index (κ3) is 3.91. The highest BCUT2D eigenvalue weighted by Gasteiger charge is 2.18. The standard InChI is InChI=1S/C24H24N4OS/c1-15-9-8-12-21(16(15)2)25-23(29)13-20-17(3)27-28(18(20)4)24-26-22(14-30-24)19-10-6-5-7-11-19/h5-12,14H,13H2,1-4H3,(H,25,29). The van der Waals surface area contributed by atoms with Gasteiger partial charge in [0.05, 0.1) is 17.8 Å². The van der Waals surface area contributed by atoms with E-state index in [-0.39, 0.29) is 12.3 Å². The van der Waals surface area contributed by atoms with Gasteiger partial charge in [-0.2, -0.15) is 5.10 Å². The number of anilines is 1. The number of nitrogens with one attached hydrogen (secondary N) is 1. The largest absolute Gasteiger partial charge is 0.326 e. The number of rotatable bonds is 5. The second-order valence-corrected chi connectivity index (χ2v) is 8.25. The minimum absolute atomic E-state index is 0.0430. The smallest absolute Gasteiger partial charge is 0.228 e. The fraction of sp³-hybridized carbons (Fsp3) is 0.208. The van der Waals surface area contributed by atoms with Gasteiger partial charge < -0.3 is 5.32 Å². The number of thiazole rings is 1. The van der Waals surface area contributed by atoms with E-state index in [0.717, 1.165) is 50.2 Å². The fourth-order valence-corrected chi connectivity index (χ4v) is 4.30. The molecule has 0 bridgehead atoms. The van der Waals surface area contributed by atoms with Crippen LogP contribution in [0.25, 0.3) is 16.4 Å². The molecule has 4 aromatic rings. The van der Waals surface area contributed by atoms with E-state index in [2.05, 4.69) is 10.4 Å². The van der Waals surface area contributed by atoms with Crippen molar-refractivity contribution in [3.63, 3.8) is 0 Å². The van der Waals surface area contributed by atoms with Crippen LogP contribution >= 0.6 is 11.3 Å². The summed E-state index contributed by atoms with van der Waals surface area (Å²) in [5.74, 6) is -0.0430. The van der Waals surface area contributed by atoms with Crippen LogP contribution in [0.15, 0.2) is 53.9 Å². The second kappa shape index (κ2) is 8.24. The first kappa shape index (κ1) is 20.0. The third-order valence-corrected chi connectivity index (χ3v) is 6.22. The van der Waals surface area contributed by atoms with Crippen molar-refractivity contribution in [1.29, 1.82) is 0 Å². The zero-order valence-electron chi connectivity index (χ0n) is 17.6. The van der Waals surface area contributed by atoms with Crippen LogP contribution < -0.4 is 5.32 Å². The van der Waals surface area contributed by atoms with Crippen molar-refractivity contribution in [3.8, 4) is 16.4 Å². The Bertz CT molecular complexity index is 1210. The number of amides is 1. The van der Waals surface area contributed by atoms with Gasteiger partial charge >= 0.3 is 0 Å². The summed E-state index contributed by atoms with van der Waals surface area (Å²) in [6, 6.07) is 16.0. The Kier molecular flexibility index (Phi) is 5.50. The molecule has 0 fully saturated rings. The molecular weight excluding hydrogens is 392 g/mol. The molecule has 2 aromatic heterocycles. The Balaban J connectivity index is 1.56. The van der Waals surface area contributed by atoms with Crippen molar-refractivity contribution in [1.82, 2.24) is 14.8 Å². The van der Waals surface area contributed by atoms with Gasteiger partial charge in [-0.25, -0.2) is 9.67 Å². The van der Waals surface area contributed by atoms with Gasteiger partial charge in [0.2, 0.25) is 11.0 Å². The molecule has 5 nitrogen and oxygen atoms in total. The van der Waals surface area contributed by atoms with E-state index in [1.807, 2.05) is 86.3 Å². The Morgan fingerprint density at radius 1 is 1.03 bits per heavy atom. The summed E-state index contributed by atoms with van der Waals surface area (Å²) in [6.07, 6.45) is 0.280. The van der Waals surface area contributed by atoms with Gasteiger partial charge in [0, 0.05) is 27.9 Å². The van der Waals surface area contributed by atoms with Gasteiger partial charge in [0.15, 0.2) is 0 Å². The molecule has 1 N–H and O–H groups in total. The van der Waals surface area contributed by atoms with E-state index in [1.165, 1.54) is 0 Å². The van der Waals surface area contributed by atoms with Crippen LogP contribution in [0.3, 0.4) is 0 Å².